The van der Waals surface area contributed by atoms with Gasteiger partial charge in [0, 0.05) is 18.8 Å². The second-order valence-electron chi connectivity index (χ2n) is 4.25. The number of carbonyl (C=O) groups excluding carboxylic acids is 1. The predicted octanol–water partition coefficient (Wildman–Crippen LogP) is -0.414. The van der Waals surface area contributed by atoms with Crippen LogP contribution in [0.25, 0.3) is 0 Å². The molecule has 2 rings (SSSR count). The molecule has 0 bridgehead atoms. The number of hydrogen-bond acceptors (Lipinski definition) is 4. The van der Waals surface area contributed by atoms with Gasteiger partial charge in [-0.15, -0.1) is 0 Å². The molecule has 1 aliphatic rings. The van der Waals surface area contributed by atoms with Crippen LogP contribution < -0.4 is 21.9 Å². The fourth-order valence-electron chi connectivity index (χ4n) is 1.98. The van der Waals surface area contributed by atoms with E-state index in [1.54, 1.807) is 0 Å². The SMILES string of the molecule is NC(=O)c1c[nH]c(=O)cc1N[C@H]1CCNC[C@H]1F. The van der Waals surface area contributed by atoms with Crippen LogP contribution in [0.2, 0.25) is 0 Å². The summed E-state index contributed by atoms with van der Waals surface area (Å²) in [5, 5.41) is 5.81. The van der Waals surface area contributed by atoms with Crippen molar-refractivity contribution in [2.45, 2.75) is 18.6 Å². The molecule has 5 N–H and O–H groups in total. The van der Waals surface area contributed by atoms with Gasteiger partial charge >= 0.3 is 0 Å². The second-order valence-corrected chi connectivity index (χ2v) is 4.25. The minimum Gasteiger partial charge on any atom is -0.378 e. The first kappa shape index (κ1) is 12.6. The minimum absolute atomic E-state index is 0.153. The van der Waals surface area contributed by atoms with Crippen LogP contribution in [0, 0.1) is 0 Å². The number of nitrogens with two attached hydrogens (primary N) is 1. The zero-order valence-electron chi connectivity index (χ0n) is 9.70. The lowest BCUT2D eigenvalue weighted by Gasteiger charge is -2.28. The molecule has 0 aromatic carbocycles. The molecule has 0 unspecified atom stereocenters. The summed E-state index contributed by atoms with van der Waals surface area (Å²) in [5.74, 6) is -0.668. The van der Waals surface area contributed by atoms with Crippen molar-refractivity contribution in [1.82, 2.24) is 10.3 Å². The third-order valence-corrected chi connectivity index (χ3v) is 2.94. The van der Waals surface area contributed by atoms with Gasteiger partial charge < -0.3 is 21.4 Å². The first-order valence-electron chi connectivity index (χ1n) is 5.72. The van der Waals surface area contributed by atoms with Crippen molar-refractivity contribution in [3.8, 4) is 0 Å². The summed E-state index contributed by atoms with van der Waals surface area (Å²) in [6.07, 6.45) is 0.742. The Morgan fingerprint density at radius 3 is 3.00 bits per heavy atom. The number of rotatable bonds is 3. The molecule has 1 saturated heterocycles. The van der Waals surface area contributed by atoms with E-state index in [1.165, 1.54) is 12.3 Å². The highest BCUT2D eigenvalue weighted by Crippen LogP contribution is 2.17. The van der Waals surface area contributed by atoms with Crippen LogP contribution in [-0.2, 0) is 0 Å². The van der Waals surface area contributed by atoms with Gasteiger partial charge in [-0.1, -0.05) is 0 Å². The number of H-pyrrole nitrogens is 1. The van der Waals surface area contributed by atoms with Crippen molar-refractivity contribution in [2.24, 2.45) is 5.73 Å². The molecule has 0 aliphatic carbocycles. The lowest BCUT2D eigenvalue weighted by molar-refractivity contribution is 0.100. The number of anilines is 1. The van der Waals surface area contributed by atoms with Crippen molar-refractivity contribution < 1.29 is 9.18 Å². The van der Waals surface area contributed by atoms with Crippen molar-refractivity contribution in [1.29, 1.82) is 0 Å². The van der Waals surface area contributed by atoms with E-state index in [4.69, 9.17) is 5.73 Å². The Hall–Kier alpha value is -1.89. The number of alkyl halides is 1. The normalized spacial score (nSPS) is 23.6. The van der Waals surface area contributed by atoms with Crippen LogP contribution in [-0.4, -0.2) is 36.2 Å². The van der Waals surface area contributed by atoms with Gasteiger partial charge in [-0.3, -0.25) is 9.59 Å². The monoisotopic (exact) mass is 254 g/mol. The molecule has 1 fully saturated rings. The lowest BCUT2D eigenvalue weighted by atomic mass is 10.0. The number of piperidine rings is 1. The molecule has 7 heteroatoms. The summed E-state index contributed by atoms with van der Waals surface area (Å²) in [5.41, 5.74) is 5.26. The molecule has 18 heavy (non-hydrogen) atoms. The number of carbonyl (C=O) groups is 1. The maximum atomic E-state index is 13.6. The third kappa shape index (κ3) is 2.67. The van der Waals surface area contributed by atoms with Crippen LogP contribution in [0.15, 0.2) is 17.1 Å². The van der Waals surface area contributed by atoms with Crippen molar-refractivity contribution in [3.63, 3.8) is 0 Å². The Kier molecular flexibility index (Phi) is 3.61. The molecule has 1 aliphatic heterocycles. The van der Waals surface area contributed by atoms with Gasteiger partial charge in [0.1, 0.15) is 6.17 Å². The average Bonchev–Trinajstić information content (AvgIpc) is 2.32. The maximum Gasteiger partial charge on any atom is 0.252 e. The smallest absolute Gasteiger partial charge is 0.252 e. The Morgan fingerprint density at radius 2 is 2.33 bits per heavy atom. The zero-order chi connectivity index (χ0) is 13.1. The number of primary amides is 1. The summed E-state index contributed by atoms with van der Waals surface area (Å²) >= 11 is 0. The molecular weight excluding hydrogens is 239 g/mol. The highest BCUT2D eigenvalue weighted by molar-refractivity contribution is 5.98. The van der Waals surface area contributed by atoms with Gasteiger partial charge in [-0.05, 0) is 13.0 Å². The van der Waals surface area contributed by atoms with E-state index in [0.717, 1.165) is 0 Å². The first-order chi connectivity index (χ1) is 8.58. The standard InChI is InChI=1S/C11H15FN4O2/c12-7-5-14-2-1-8(7)16-9-3-10(17)15-4-6(9)11(13)18/h3-4,7-8,14H,1-2,5H2,(H2,13,18)(H2,15,16,17)/t7-,8+/m1/s1. The lowest BCUT2D eigenvalue weighted by Crippen LogP contribution is -2.45. The van der Waals surface area contributed by atoms with Gasteiger partial charge in [0.15, 0.2) is 0 Å². The first-order valence-corrected chi connectivity index (χ1v) is 5.72. The van der Waals surface area contributed by atoms with Crippen LogP contribution in [0.5, 0.6) is 0 Å². The van der Waals surface area contributed by atoms with Crippen LogP contribution in [0.3, 0.4) is 0 Å². The van der Waals surface area contributed by atoms with Crippen molar-refractivity contribution >= 4 is 11.6 Å². The van der Waals surface area contributed by atoms with E-state index in [0.29, 0.717) is 13.0 Å². The number of nitrogens with one attached hydrogen (secondary N) is 3. The number of aromatic nitrogens is 1. The molecule has 1 aromatic heterocycles. The van der Waals surface area contributed by atoms with E-state index in [-0.39, 0.29) is 23.4 Å². The van der Waals surface area contributed by atoms with Crippen LogP contribution >= 0.6 is 0 Å². The quantitative estimate of drug-likeness (QED) is 0.589. The number of aromatic amines is 1. The second kappa shape index (κ2) is 5.18. The molecular formula is C11H15FN4O2. The number of amides is 1. The Bertz CT molecular complexity index is 502. The predicted molar refractivity (Wildman–Crippen MR) is 65.4 cm³/mol. The van der Waals surface area contributed by atoms with Gasteiger partial charge in [0.25, 0.3) is 5.91 Å². The molecule has 1 amide bonds. The zero-order valence-corrected chi connectivity index (χ0v) is 9.70. The van der Waals surface area contributed by atoms with Crippen molar-refractivity contribution in [3.05, 3.63) is 28.2 Å². The summed E-state index contributed by atoms with van der Waals surface area (Å²) in [6, 6.07) is 0.792. The highest BCUT2D eigenvalue weighted by atomic mass is 19.1. The maximum absolute atomic E-state index is 13.6. The van der Waals surface area contributed by atoms with Gasteiger partial charge in [0.05, 0.1) is 17.3 Å². The Labute approximate surface area is 103 Å². The average molecular weight is 254 g/mol. The molecule has 2 heterocycles. The van der Waals surface area contributed by atoms with E-state index in [2.05, 4.69) is 15.6 Å². The number of hydrogen-bond donors (Lipinski definition) is 4. The topological polar surface area (TPSA) is 100 Å². The molecule has 2 atom stereocenters. The summed E-state index contributed by atoms with van der Waals surface area (Å²) in [7, 11) is 0. The molecule has 6 nitrogen and oxygen atoms in total. The van der Waals surface area contributed by atoms with Crippen molar-refractivity contribution in [2.75, 3.05) is 18.4 Å². The minimum atomic E-state index is -1.07. The molecule has 98 valence electrons. The number of halogens is 1. The van der Waals surface area contributed by atoms with E-state index in [1.807, 2.05) is 0 Å². The van der Waals surface area contributed by atoms with Gasteiger partial charge in [0.2, 0.25) is 5.56 Å². The Morgan fingerprint density at radius 1 is 1.56 bits per heavy atom. The van der Waals surface area contributed by atoms with E-state index in [9.17, 15) is 14.0 Å². The summed E-state index contributed by atoms with van der Waals surface area (Å²) in [4.78, 5) is 24.8. The summed E-state index contributed by atoms with van der Waals surface area (Å²) < 4.78 is 13.6. The van der Waals surface area contributed by atoms with Gasteiger partial charge in [-0.2, -0.15) is 0 Å². The van der Waals surface area contributed by atoms with Crippen LogP contribution in [0.1, 0.15) is 16.8 Å². The summed E-state index contributed by atoms with van der Waals surface area (Å²) in [6.45, 7) is 0.944. The third-order valence-electron chi connectivity index (χ3n) is 2.94. The Balaban J connectivity index is 2.24. The molecule has 0 radical (unpaired) electrons. The largest absolute Gasteiger partial charge is 0.378 e. The van der Waals surface area contributed by atoms with E-state index < -0.39 is 18.1 Å². The number of pyridine rings is 1. The molecule has 0 spiro atoms. The highest BCUT2D eigenvalue weighted by Gasteiger charge is 2.25. The molecule has 0 saturated carbocycles. The fourth-order valence-corrected chi connectivity index (χ4v) is 1.98. The van der Waals surface area contributed by atoms with Crippen LogP contribution in [0.4, 0.5) is 10.1 Å². The van der Waals surface area contributed by atoms with Gasteiger partial charge in [-0.25, -0.2) is 4.39 Å². The molecule has 1 aromatic rings. The fraction of sp³-hybridized carbons (Fsp3) is 0.455. The van der Waals surface area contributed by atoms with E-state index >= 15 is 0 Å².